The first-order chi connectivity index (χ1) is 13.3. The molecule has 0 aromatic heterocycles. The number of alkyl halides is 3. The number of ether oxygens (including phenoxy) is 2. The Kier molecular flexibility index (Phi) is 10.8. The van der Waals surface area contributed by atoms with Crippen molar-refractivity contribution < 1.29 is 19.1 Å². The molecule has 0 radical (unpaired) electrons. The van der Waals surface area contributed by atoms with Crippen molar-refractivity contribution in [3.63, 3.8) is 0 Å². The number of nitrogens with zero attached hydrogens (tertiary/aromatic N) is 1. The predicted molar refractivity (Wildman–Crippen MR) is 132 cm³/mol. The number of rotatable bonds is 9. The summed E-state index contributed by atoms with van der Waals surface area (Å²) in [7, 11) is -2.13. The highest BCUT2D eigenvalue weighted by Gasteiger charge is 2.72. The summed E-state index contributed by atoms with van der Waals surface area (Å²) in [5.74, 6) is 0.757. The Hall–Kier alpha value is 0.487. The maximum atomic E-state index is 13.4. The summed E-state index contributed by atoms with van der Waals surface area (Å²) in [4.78, 5) is 27.5. The van der Waals surface area contributed by atoms with Crippen molar-refractivity contribution in [2.45, 2.75) is 67.0 Å². The minimum atomic E-state index is -1.73. The zero-order valence-electron chi connectivity index (χ0n) is 17.2. The number of amides is 1. The van der Waals surface area contributed by atoms with Crippen molar-refractivity contribution in [1.29, 1.82) is 0 Å². The van der Waals surface area contributed by atoms with Crippen LogP contribution in [0.5, 0.6) is 0 Å². The molecule has 1 aliphatic heterocycles. The zero-order valence-corrected chi connectivity index (χ0v) is 23.1. The molecule has 0 spiro atoms. The van der Waals surface area contributed by atoms with Crippen molar-refractivity contribution in [2.24, 2.45) is 0 Å². The summed E-state index contributed by atoms with van der Waals surface area (Å²) in [5.41, 5.74) is 0. The summed E-state index contributed by atoms with van der Waals surface area (Å²) in [6.45, 7) is 10.2. The summed E-state index contributed by atoms with van der Waals surface area (Å²) < 4.78 is 9.17. The van der Waals surface area contributed by atoms with Crippen LogP contribution in [-0.2, 0) is 37.8 Å². The fourth-order valence-corrected chi connectivity index (χ4v) is 10.9. The average molecular weight is 541 g/mol. The van der Waals surface area contributed by atoms with Crippen LogP contribution in [0.15, 0.2) is 0 Å². The number of β-lactam (4-membered cyclic amide) rings is 1. The number of unbranched alkanes of at least 4 members (excludes halogenated alkanes) is 1. The van der Waals surface area contributed by atoms with Gasteiger partial charge in [0.05, 0.1) is 12.3 Å². The van der Waals surface area contributed by atoms with Gasteiger partial charge in [0.15, 0.2) is 0 Å². The lowest BCUT2D eigenvalue weighted by atomic mass is 9.90. The van der Waals surface area contributed by atoms with Crippen LogP contribution in [0.25, 0.3) is 0 Å². The molecule has 12 heteroatoms. The fourth-order valence-electron chi connectivity index (χ4n) is 3.75. The van der Waals surface area contributed by atoms with Gasteiger partial charge in [-0.05, 0) is 20.3 Å². The Morgan fingerprint density at radius 2 is 2.00 bits per heavy atom. The third-order valence-electron chi connectivity index (χ3n) is 5.12. The average Bonchev–Trinajstić information content (AvgIpc) is 2.59. The molecule has 1 heterocycles. The molecule has 1 fully saturated rings. The number of hydrogen-bond donors (Lipinski definition) is 0. The second-order valence-electron chi connectivity index (χ2n) is 7.17. The van der Waals surface area contributed by atoms with Gasteiger partial charge >= 0.3 is 6.16 Å². The first-order valence-corrected chi connectivity index (χ1v) is 15.8. The van der Waals surface area contributed by atoms with E-state index < -0.39 is 47.4 Å². The molecule has 5 nitrogen and oxygen atoms in total. The first kappa shape index (κ1) is 27.5. The van der Waals surface area contributed by atoms with Gasteiger partial charge in [-0.15, -0.1) is 0 Å². The highest BCUT2D eigenvalue weighted by atomic mass is 35.6. The second kappa shape index (κ2) is 11.4. The van der Waals surface area contributed by atoms with Crippen LogP contribution >= 0.6 is 47.0 Å². The third-order valence-corrected chi connectivity index (χ3v) is 12.2. The van der Waals surface area contributed by atoms with Gasteiger partial charge in [-0.2, -0.15) is 0 Å². The zero-order chi connectivity index (χ0) is 22.6. The smallest absolute Gasteiger partial charge is 0.430 e. The van der Waals surface area contributed by atoms with E-state index in [-0.39, 0.29) is 11.3 Å². The predicted octanol–water partition coefficient (Wildman–Crippen LogP) is 4.56. The number of carbonyl (C=O) groups is 2. The second-order valence-corrected chi connectivity index (χ2v) is 16.8. The van der Waals surface area contributed by atoms with Gasteiger partial charge in [0, 0.05) is 17.4 Å². The molecule has 0 bridgehead atoms. The summed E-state index contributed by atoms with van der Waals surface area (Å²) in [6.07, 6.45) is 0.201. The van der Waals surface area contributed by atoms with Crippen LogP contribution < -0.4 is 0 Å². The number of likely N-dealkylation sites (tertiary alicyclic amines) is 1. The van der Waals surface area contributed by atoms with Crippen LogP contribution in [0.3, 0.4) is 0 Å². The SMILES string of the molecule is CCCCN1C(=O)C(C(C)OC(=O)OCC(Cl)(Cl)Cl)([SiH](C)C)C1[S+](CC)C(=S)[S-]. The van der Waals surface area contributed by atoms with Gasteiger partial charge in [-0.3, -0.25) is 9.69 Å². The van der Waals surface area contributed by atoms with Crippen molar-refractivity contribution in [2.75, 3.05) is 18.9 Å². The Morgan fingerprint density at radius 3 is 2.41 bits per heavy atom. The normalized spacial score (nSPS) is 24.1. The van der Waals surface area contributed by atoms with Crippen molar-refractivity contribution in [1.82, 2.24) is 4.90 Å². The molecule has 0 N–H and O–H groups in total. The quantitative estimate of drug-likeness (QED) is 0.0812. The standard InChI is InChI=1S/C17H28Cl3NO4S3Si/c1-6-8-9-21-12(22)17(29(4)5,13(21)28(7-2)15(26)27)11(3)25-14(23)24-10-16(18,19)20/h11,13,29H,6-10H2,1-5H3. The van der Waals surface area contributed by atoms with Crippen LogP contribution in [0, 0.1) is 0 Å². The lowest BCUT2D eigenvalue weighted by Crippen LogP contribution is -2.75. The number of thiocarbonyl (C=S) groups is 1. The molecule has 0 aliphatic carbocycles. The molecule has 0 aromatic carbocycles. The maximum Gasteiger partial charge on any atom is 0.508 e. The van der Waals surface area contributed by atoms with Gasteiger partial charge in [0.25, 0.3) is 0 Å². The minimum Gasteiger partial charge on any atom is -0.430 e. The van der Waals surface area contributed by atoms with Crippen LogP contribution in [-0.4, -0.2) is 63.5 Å². The van der Waals surface area contributed by atoms with E-state index in [4.69, 9.17) is 69.1 Å². The molecule has 1 aliphatic rings. The van der Waals surface area contributed by atoms with Crippen LogP contribution in [0.4, 0.5) is 4.79 Å². The summed E-state index contributed by atoms with van der Waals surface area (Å²) in [5, 5.41) is -0.950. The Bertz CT molecular complexity index is 623. The topological polar surface area (TPSA) is 55.8 Å². The number of carbonyl (C=O) groups excluding carboxylic acids is 2. The molecular weight excluding hydrogens is 513 g/mol. The Labute approximate surface area is 203 Å². The molecule has 0 saturated carbocycles. The van der Waals surface area contributed by atoms with Gasteiger partial charge in [-0.1, -0.05) is 61.2 Å². The van der Waals surface area contributed by atoms with E-state index in [2.05, 4.69) is 20.0 Å². The summed E-state index contributed by atoms with van der Waals surface area (Å²) >= 11 is 27.6. The van der Waals surface area contributed by atoms with Crippen LogP contribution in [0.2, 0.25) is 18.1 Å². The maximum absolute atomic E-state index is 13.4. The lowest BCUT2D eigenvalue weighted by Gasteiger charge is -2.57. The van der Waals surface area contributed by atoms with E-state index in [9.17, 15) is 9.59 Å². The molecule has 1 rings (SSSR count). The number of hydrogen-bond acceptors (Lipinski definition) is 6. The highest BCUT2D eigenvalue weighted by molar-refractivity contribution is 8.35. The molecule has 29 heavy (non-hydrogen) atoms. The van der Waals surface area contributed by atoms with E-state index in [0.717, 1.165) is 18.6 Å². The molecule has 168 valence electrons. The molecule has 4 atom stereocenters. The van der Waals surface area contributed by atoms with Gasteiger partial charge < -0.3 is 34.3 Å². The monoisotopic (exact) mass is 539 g/mol. The largest absolute Gasteiger partial charge is 0.508 e. The molecular formula is C17H28Cl3NO4S3Si. The van der Waals surface area contributed by atoms with E-state index in [1.54, 1.807) is 6.92 Å². The van der Waals surface area contributed by atoms with Gasteiger partial charge in [0.2, 0.25) is 15.1 Å². The van der Waals surface area contributed by atoms with E-state index in [1.807, 2.05) is 11.8 Å². The number of halogens is 3. The lowest BCUT2D eigenvalue weighted by molar-refractivity contribution is -0.155. The van der Waals surface area contributed by atoms with E-state index in [0.29, 0.717) is 10.1 Å². The molecule has 1 amide bonds. The third kappa shape index (κ3) is 6.26. The fraction of sp³-hybridized carbons (Fsp3) is 0.824. The molecule has 1 saturated heterocycles. The van der Waals surface area contributed by atoms with Crippen LogP contribution in [0.1, 0.15) is 33.6 Å². The van der Waals surface area contributed by atoms with Gasteiger partial charge in [0.1, 0.15) is 23.5 Å². The minimum absolute atomic E-state index is 0.0106. The summed E-state index contributed by atoms with van der Waals surface area (Å²) in [6, 6.07) is 0. The Balaban J connectivity index is 3.19. The van der Waals surface area contributed by atoms with Crippen molar-refractivity contribution >= 4 is 94.9 Å². The van der Waals surface area contributed by atoms with E-state index >= 15 is 0 Å². The highest BCUT2D eigenvalue weighted by Crippen LogP contribution is 2.55. The molecule has 4 unspecified atom stereocenters. The van der Waals surface area contributed by atoms with E-state index in [1.165, 1.54) is 0 Å². The Morgan fingerprint density at radius 1 is 1.41 bits per heavy atom. The van der Waals surface area contributed by atoms with Gasteiger partial charge in [-0.25, -0.2) is 4.79 Å². The molecule has 0 aromatic rings. The van der Waals surface area contributed by atoms with Crippen molar-refractivity contribution in [3.8, 4) is 0 Å². The first-order valence-electron chi connectivity index (χ1n) is 9.46. The van der Waals surface area contributed by atoms with Crippen molar-refractivity contribution in [3.05, 3.63) is 0 Å².